The molecule has 0 saturated carbocycles. The van der Waals surface area contributed by atoms with E-state index in [0.29, 0.717) is 0 Å². The molecule has 1 aromatic carbocycles. The molecule has 0 heterocycles. The van der Waals surface area contributed by atoms with Crippen molar-refractivity contribution in [2.24, 2.45) is 0 Å². The van der Waals surface area contributed by atoms with E-state index in [2.05, 4.69) is 8.91 Å². The lowest BCUT2D eigenvalue weighted by atomic mass is 10.2. The van der Waals surface area contributed by atoms with E-state index in [4.69, 9.17) is 0 Å². The summed E-state index contributed by atoms with van der Waals surface area (Å²) in [4.78, 5) is 0.0999. The fourth-order valence-corrected chi connectivity index (χ4v) is 2.86. The van der Waals surface area contributed by atoms with Crippen LogP contribution in [0.4, 0.5) is 0 Å². The van der Waals surface area contributed by atoms with Crippen LogP contribution in [0.1, 0.15) is 5.56 Å². The normalized spacial score (nSPS) is 12.6. The van der Waals surface area contributed by atoms with E-state index in [1.54, 1.807) is 12.1 Å². The van der Waals surface area contributed by atoms with Crippen molar-refractivity contribution in [1.82, 2.24) is 4.72 Å². The highest BCUT2D eigenvalue weighted by Crippen LogP contribution is 2.09. The highest BCUT2D eigenvalue weighted by Gasteiger charge is 2.15. The summed E-state index contributed by atoms with van der Waals surface area (Å²) in [5, 5.41) is 0. The first-order chi connectivity index (χ1) is 8.27. The Hall–Kier alpha value is -0.960. The third kappa shape index (κ3) is 4.37. The van der Waals surface area contributed by atoms with Gasteiger partial charge in [-0.3, -0.25) is 4.18 Å². The lowest BCUT2D eigenvalue weighted by molar-refractivity contribution is 0.397. The van der Waals surface area contributed by atoms with E-state index in [1.165, 1.54) is 12.1 Å². The van der Waals surface area contributed by atoms with E-state index in [1.807, 2.05) is 6.92 Å². The number of aryl methyl sites for hydroxylation is 1. The highest BCUT2D eigenvalue weighted by molar-refractivity contribution is 7.89. The second-order valence-corrected chi connectivity index (χ2v) is 7.26. The molecule has 1 N–H and O–H groups in total. The monoisotopic (exact) mass is 293 g/mol. The molecule has 102 valence electrons. The molecule has 0 spiro atoms. The van der Waals surface area contributed by atoms with Crippen LogP contribution in [0.5, 0.6) is 0 Å². The minimum atomic E-state index is -3.68. The summed E-state index contributed by atoms with van der Waals surface area (Å²) < 4.78 is 52.0. The minimum absolute atomic E-state index is 0.0999. The van der Waals surface area contributed by atoms with Gasteiger partial charge in [-0.25, -0.2) is 13.1 Å². The van der Waals surface area contributed by atoms with E-state index in [0.717, 1.165) is 12.7 Å². The Morgan fingerprint density at radius 2 is 1.67 bits per heavy atom. The molecule has 6 nitrogen and oxygen atoms in total. The average Bonchev–Trinajstić information content (AvgIpc) is 2.29. The molecule has 0 aliphatic carbocycles. The Bertz CT molecular complexity index is 590. The predicted molar refractivity (Wildman–Crippen MR) is 67.2 cm³/mol. The van der Waals surface area contributed by atoms with Gasteiger partial charge in [-0.2, -0.15) is 8.42 Å². The molecule has 0 amide bonds. The molecule has 1 rings (SSSR count). The van der Waals surface area contributed by atoms with Gasteiger partial charge in [-0.05, 0) is 19.1 Å². The maximum atomic E-state index is 11.8. The fourth-order valence-electron chi connectivity index (χ4n) is 1.19. The second kappa shape index (κ2) is 5.79. The molecule has 18 heavy (non-hydrogen) atoms. The molecule has 0 unspecified atom stereocenters. The van der Waals surface area contributed by atoms with Gasteiger partial charge in [0.1, 0.15) is 0 Å². The molecular formula is C10H15NO5S2. The Morgan fingerprint density at radius 3 is 2.17 bits per heavy atom. The SMILES string of the molecule is COS(=O)(=O)CCNS(=O)(=O)c1ccc(C)cc1. The lowest BCUT2D eigenvalue weighted by Crippen LogP contribution is -2.29. The van der Waals surface area contributed by atoms with Crippen molar-refractivity contribution in [3.8, 4) is 0 Å². The second-order valence-electron chi connectivity index (χ2n) is 3.64. The molecule has 0 fully saturated rings. The summed E-state index contributed by atoms with van der Waals surface area (Å²) in [5.41, 5.74) is 0.941. The molecule has 0 bridgehead atoms. The largest absolute Gasteiger partial charge is 0.273 e. The van der Waals surface area contributed by atoms with Gasteiger partial charge >= 0.3 is 0 Å². The minimum Gasteiger partial charge on any atom is -0.273 e. The van der Waals surface area contributed by atoms with Gasteiger partial charge in [-0.15, -0.1) is 0 Å². The van der Waals surface area contributed by atoms with Crippen LogP contribution < -0.4 is 4.72 Å². The zero-order valence-electron chi connectivity index (χ0n) is 10.1. The van der Waals surface area contributed by atoms with Gasteiger partial charge in [0.2, 0.25) is 10.0 Å². The molecule has 0 aromatic heterocycles. The first kappa shape index (κ1) is 15.1. The maximum Gasteiger partial charge on any atom is 0.268 e. The number of hydrogen-bond acceptors (Lipinski definition) is 5. The zero-order valence-corrected chi connectivity index (χ0v) is 11.7. The summed E-state index contributed by atoms with van der Waals surface area (Å²) in [6.45, 7) is 1.61. The third-order valence-corrected chi connectivity index (χ3v) is 4.92. The van der Waals surface area contributed by atoms with Crippen molar-refractivity contribution in [3.63, 3.8) is 0 Å². The first-order valence-electron chi connectivity index (χ1n) is 5.11. The summed E-state index contributed by atoms with van der Waals surface area (Å²) >= 11 is 0. The lowest BCUT2D eigenvalue weighted by Gasteiger charge is -2.06. The number of rotatable bonds is 6. The average molecular weight is 293 g/mol. The Kier molecular flexibility index (Phi) is 4.85. The van der Waals surface area contributed by atoms with Crippen molar-refractivity contribution in [2.45, 2.75) is 11.8 Å². The molecule has 1 aromatic rings. The summed E-state index contributed by atoms with van der Waals surface area (Å²) in [6.07, 6.45) is 0. The third-order valence-electron chi connectivity index (χ3n) is 2.23. The van der Waals surface area contributed by atoms with Crippen LogP contribution in [-0.4, -0.2) is 36.2 Å². The van der Waals surface area contributed by atoms with Crippen LogP contribution in [0.2, 0.25) is 0 Å². The van der Waals surface area contributed by atoms with Gasteiger partial charge in [0, 0.05) is 6.54 Å². The van der Waals surface area contributed by atoms with Crippen LogP contribution in [0.25, 0.3) is 0 Å². The standard InChI is InChI=1S/C10H15NO5S2/c1-9-3-5-10(6-4-9)18(14,15)11-7-8-17(12,13)16-2/h3-6,11H,7-8H2,1-2H3. The molecule has 0 aliphatic rings. The summed E-state index contributed by atoms with van der Waals surface area (Å²) in [6, 6.07) is 6.26. The molecule has 0 radical (unpaired) electrons. The molecule has 8 heteroatoms. The molecular weight excluding hydrogens is 278 g/mol. The van der Waals surface area contributed by atoms with Crippen molar-refractivity contribution >= 4 is 20.1 Å². The maximum absolute atomic E-state index is 11.8. The quantitative estimate of drug-likeness (QED) is 0.759. The number of benzene rings is 1. The highest BCUT2D eigenvalue weighted by atomic mass is 32.2. The van der Waals surface area contributed by atoms with Crippen LogP contribution in [0.3, 0.4) is 0 Å². The van der Waals surface area contributed by atoms with Gasteiger partial charge in [0.25, 0.3) is 10.1 Å². The van der Waals surface area contributed by atoms with Crippen LogP contribution >= 0.6 is 0 Å². The number of sulfonamides is 1. The van der Waals surface area contributed by atoms with E-state index >= 15 is 0 Å². The number of hydrogen-bond donors (Lipinski definition) is 1. The Morgan fingerprint density at radius 1 is 1.11 bits per heavy atom. The van der Waals surface area contributed by atoms with Crippen molar-refractivity contribution in [3.05, 3.63) is 29.8 Å². The molecule has 0 atom stereocenters. The van der Waals surface area contributed by atoms with Gasteiger partial charge in [0.15, 0.2) is 0 Å². The fraction of sp³-hybridized carbons (Fsp3) is 0.400. The van der Waals surface area contributed by atoms with E-state index in [9.17, 15) is 16.8 Å². The van der Waals surface area contributed by atoms with E-state index in [-0.39, 0.29) is 11.4 Å². The molecule has 0 aliphatic heterocycles. The van der Waals surface area contributed by atoms with Crippen LogP contribution in [-0.2, 0) is 24.3 Å². The number of nitrogens with one attached hydrogen (secondary N) is 1. The first-order valence-corrected chi connectivity index (χ1v) is 8.17. The predicted octanol–water partition coefficient (Wildman–Crippen LogP) is 0.250. The van der Waals surface area contributed by atoms with Crippen LogP contribution in [0.15, 0.2) is 29.2 Å². The van der Waals surface area contributed by atoms with Crippen LogP contribution in [0, 0.1) is 6.92 Å². The molecule has 0 saturated heterocycles. The van der Waals surface area contributed by atoms with E-state index < -0.39 is 25.9 Å². The van der Waals surface area contributed by atoms with Gasteiger partial charge in [-0.1, -0.05) is 17.7 Å². The zero-order chi connectivity index (χ0) is 13.8. The van der Waals surface area contributed by atoms with Crippen molar-refractivity contribution in [1.29, 1.82) is 0 Å². The van der Waals surface area contributed by atoms with Gasteiger partial charge in [0.05, 0.1) is 17.8 Å². The summed E-state index contributed by atoms with van der Waals surface area (Å²) in [7, 11) is -6.30. The Labute approximate surface area is 107 Å². The summed E-state index contributed by atoms with van der Waals surface area (Å²) in [5.74, 6) is -0.408. The Balaban J connectivity index is 2.69. The van der Waals surface area contributed by atoms with Gasteiger partial charge < -0.3 is 0 Å². The van der Waals surface area contributed by atoms with Crippen molar-refractivity contribution < 1.29 is 21.0 Å². The smallest absolute Gasteiger partial charge is 0.268 e. The van der Waals surface area contributed by atoms with Crippen molar-refractivity contribution in [2.75, 3.05) is 19.4 Å². The topological polar surface area (TPSA) is 89.5 Å².